The van der Waals surface area contributed by atoms with E-state index < -0.39 is 5.60 Å². The molecule has 2 aromatic carbocycles. The Balaban J connectivity index is 1.28. The first-order valence-electron chi connectivity index (χ1n) is 18.8. The Labute approximate surface area is 309 Å². The first-order chi connectivity index (χ1) is 24.8. The number of carbonyl (C=O) groups is 2. The van der Waals surface area contributed by atoms with Gasteiger partial charge in [-0.3, -0.25) is 19.4 Å². The number of nitrogens with zero attached hydrogens (tertiary/aromatic N) is 3. The summed E-state index contributed by atoms with van der Waals surface area (Å²) in [5.41, 5.74) is 7.44. The molecule has 2 amide bonds. The topological polar surface area (TPSA) is 119 Å². The van der Waals surface area contributed by atoms with Crippen molar-refractivity contribution in [3.05, 3.63) is 86.3 Å². The van der Waals surface area contributed by atoms with Gasteiger partial charge in [-0.1, -0.05) is 24.3 Å². The number of aromatic amines is 1. The van der Waals surface area contributed by atoms with Crippen LogP contribution in [0.5, 0.6) is 0 Å². The number of H-pyrrole nitrogens is 1. The van der Waals surface area contributed by atoms with Gasteiger partial charge in [0, 0.05) is 101 Å². The van der Waals surface area contributed by atoms with Gasteiger partial charge in [-0.25, -0.2) is 4.79 Å². The van der Waals surface area contributed by atoms with Gasteiger partial charge in [-0.15, -0.1) is 0 Å². The molecule has 1 aromatic heterocycles. The smallest absolute Gasteiger partial charge is 0.407 e. The third-order valence-electron chi connectivity index (χ3n) is 10.1. The second-order valence-electron chi connectivity index (χ2n) is 15.2. The van der Waals surface area contributed by atoms with E-state index >= 15 is 0 Å². The van der Waals surface area contributed by atoms with Crippen LogP contribution in [0.2, 0.25) is 0 Å². The maximum atomic E-state index is 13.9. The van der Waals surface area contributed by atoms with Crippen LogP contribution in [-0.2, 0) is 22.6 Å². The summed E-state index contributed by atoms with van der Waals surface area (Å²) < 4.78 is 11.0. The van der Waals surface area contributed by atoms with Crippen molar-refractivity contribution in [2.24, 2.45) is 0 Å². The van der Waals surface area contributed by atoms with Gasteiger partial charge in [0.2, 0.25) is 0 Å². The molecule has 0 unspecified atom stereocenters. The summed E-state index contributed by atoms with van der Waals surface area (Å²) in [7, 11) is 0. The molecule has 11 heteroatoms. The number of carbonyl (C=O) groups excluding carboxylic acids is 2. The van der Waals surface area contributed by atoms with Crippen molar-refractivity contribution in [1.82, 2.24) is 25.4 Å². The number of rotatable bonds is 12. The highest BCUT2D eigenvalue weighted by atomic mass is 16.6. The lowest BCUT2D eigenvalue weighted by Gasteiger charge is -2.37. The van der Waals surface area contributed by atoms with Crippen molar-refractivity contribution < 1.29 is 19.1 Å². The molecule has 0 spiro atoms. The minimum atomic E-state index is -0.498. The molecule has 2 aliphatic rings. The standard InChI is InChI=1S/C41H58N6O5/c1-8-47(34-13-21-51-22-14-34)37-25-33(24-35(30(37)4)38(48)43-26-36-28(2)23-29(3)44-39(36)49)32-11-9-31(10-12-32)27-46-19-17-45(18-20-46)16-15-42-40(50)52-41(5,6)7/h9-12,23-25,34H,8,13-22,26-27H2,1-7H3,(H,42,50)(H,43,48)(H,44,49). The first-order valence-corrected chi connectivity index (χ1v) is 18.8. The molecule has 2 saturated heterocycles. The summed E-state index contributed by atoms with van der Waals surface area (Å²) in [6, 6.07) is 15.2. The van der Waals surface area contributed by atoms with Crippen molar-refractivity contribution >= 4 is 17.7 Å². The van der Waals surface area contributed by atoms with Crippen molar-refractivity contribution in [3.63, 3.8) is 0 Å². The number of aromatic nitrogens is 1. The molecule has 3 heterocycles. The van der Waals surface area contributed by atoms with Crippen LogP contribution in [0.3, 0.4) is 0 Å². The van der Waals surface area contributed by atoms with Gasteiger partial charge in [-0.05, 0) is 107 Å². The zero-order chi connectivity index (χ0) is 37.4. The highest BCUT2D eigenvalue weighted by Gasteiger charge is 2.25. The summed E-state index contributed by atoms with van der Waals surface area (Å²) in [6.45, 7) is 22.0. The van der Waals surface area contributed by atoms with E-state index in [1.54, 1.807) is 0 Å². The molecular weight excluding hydrogens is 656 g/mol. The largest absolute Gasteiger partial charge is 0.444 e. The van der Waals surface area contributed by atoms with Crippen molar-refractivity contribution in [3.8, 4) is 11.1 Å². The van der Waals surface area contributed by atoms with Crippen LogP contribution in [0.4, 0.5) is 10.5 Å². The number of ether oxygens (including phenoxy) is 2. The van der Waals surface area contributed by atoms with Crippen molar-refractivity contribution in [2.75, 3.05) is 63.9 Å². The van der Waals surface area contributed by atoms with Gasteiger partial charge in [-0.2, -0.15) is 0 Å². The summed E-state index contributed by atoms with van der Waals surface area (Å²) in [4.78, 5) is 48.7. The fourth-order valence-electron chi connectivity index (χ4n) is 7.25. The zero-order valence-electron chi connectivity index (χ0n) is 32.2. The van der Waals surface area contributed by atoms with Gasteiger partial charge in [0.05, 0.1) is 0 Å². The number of hydrogen-bond donors (Lipinski definition) is 3. The normalized spacial score (nSPS) is 16.1. The number of pyridine rings is 1. The number of anilines is 1. The number of piperazine rings is 1. The Hall–Kier alpha value is -4.19. The maximum absolute atomic E-state index is 13.9. The molecule has 0 saturated carbocycles. The fourth-order valence-corrected chi connectivity index (χ4v) is 7.25. The van der Waals surface area contributed by atoms with E-state index in [9.17, 15) is 14.4 Å². The Morgan fingerprint density at radius 2 is 1.62 bits per heavy atom. The van der Waals surface area contributed by atoms with Gasteiger partial charge in [0.15, 0.2) is 0 Å². The van der Waals surface area contributed by atoms with Crippen LogP contribution in [0.1, 0.15) is 78.8 Å². The van der Waals surface area contributed by atoms with Crippen LogP contribution in [-0.4, -0.2) is 97.5 Å². The number of aryl methyl sites for hydroxylation is 2. The van der Waals surface area contributed by atoms with Crippen LogP contribution < -0.4 is 21.1 Å². The minimum Gasteiger partial charge on any atom is -0.444 e. The van der Waals surface area contributed by atoms with Crippen LogP contribution in [0.15, 0.2) is 47.3 Å². The first kappa shape index (κ1) is 39.0. The quantitative estimate of drug-likeness (QED) is 0.224. The Bertz CT molecular complexity index is 1730. The van der Waals surface area contributed by atoms with E-state index in [2.05, 4.69) is 67.6 Å². The predicted molar refractivity (Wildman–Crippen MR) is 207 cm³/mol. The van der Waals surface area contributed by atoms with E-state index in [1.807, 2.05) is 53.7 Å². The molecule has 282 valence electrons. The highest BCUT2D eigenvalue weighted by molar-refractivity contribution is 5.99. The van der Waals surface area contributed by atoms with Crippen LogP contribution in [0.25, 0.3) is 11.1 Å². The lowest BCUT2D eigenvalue weighted by atomic mass is 9.94. The molecule has 3 aromatic rings. The number of benzene rings is 2. The van der Waals surface area contributed by atoms with Crippen molar-refractivity contribution in [2.45, 2.75) is 86.0 Å². The van der Waals surface area contributed by atoms with E-state index in [0.29, 0.717) is 23.7 Å². The molecule has 2 aliphatic heterocycles. The molecule has 0 radical (unpaired) electrons. The van der Waals surface area contributed by atoms with Crippen LogP contribution in [0, 0.1) is 20.8 Å². The number of nitrogens with one attached hydrogen (secondary N) is 3. The van der Waals surface area contributed by atoms with Gasteiger partial charge < -0.3 is 30.0 Å². The van der Waals surface area contributed by atoms with E-state index in [4.69, 9.17) is 9.47 Å². The summed E-state index contributed by atoms with van der Waals surface area (Å²) in [6.07, 6.45) is 1.52. The Morgan fingerprint density at radius 3 is 2.25 bits per heavy atom. The van der Waals surface area contributed by atoms with E-state index in [-0.39, 0.29) is 24.1 Å². The lowest BCUT2D eigenvalue weighted by Crippen LogP contribution is -2.48. The highest BCUT2D eigenvalue weighted by Crippen LogP contribution is 2.34. The monoisotopic (exact) mass is 714 g/mol. The average molecular weight is 715 g/mol. The maximum Gasteiger partial charge on any atom is 0.407 e. The minimum absolute atomic E-state index is 0.155. The van der Waals surface area contributed by atoms with Crippen molar-refractivity contribution in [1.29, 1.82) is 0 Å². The third-order valence-corrected chi connectivity index (χ3v) is 10.1. The second-order valence-corrected chi connectivity index (χ2v) is 15.2. The summed E-state index contributed by atoms with van der Waals surface area (Å²) in [5.74, 6) is -0.195. The Morgan fingerprint density at radius 1 is 0.942 bits per heavy atom. The molecule has 0 aliphatic carbocycles. The number of hydrogen-bond acceptors (Lipinski definition) is 8. The van der Waals surface area contributed by atoms with Gasteiger partial charge >= 0.3 is 6.09 Å². The second kappa shape index (κ2) is 17.6. The predicted octanol–water partition coefficient (Wildman–Crippen LogP) is 5.54. The molecular formula is C41H58N6O5. The molecule has 0 atom stereocenters. The Kier molecular flexibility index (Phi) is 13.2. The zero-order valence-corrected chi connectivity index (χ0v) is 32.2. The molecule has 11 nitrogen and oxygen atoms in total. The summed E-state index contributed by atoms with van der Waals surface area (Å²) >= 11 is 0. The van der Waals surface area contributed by atoms with Gasteiger partial charge in [0.25, 0.3) is 11.5 Å². The molecule has 5 rings (SSSR count). The molecule has 0 bridgehead atoms. The molecule has 52 heavy (non-hydrogen) atoms. The third kappa shape index (κ3) is 10.5. The van der Waals surface area contributed by atoms with Gasteiger partial charge in [0.1, 0.15) is 5.60 Å². The summed E-state index contributed by atoms with van der Waals surface area (Å²) in [5, 5.41) is 5.91. The molecule has 2 fully saturated rings. The van der Waals surface area contributed by atoms with Crippen LogP contribution >= 0.6 is 0 Å². The number of alkyl carbamates (subject to hydrolysis) is 1. The average Bonchev–Trinajstić information content (AvgIpc) is 3.09. The molecule has 3 N–H and O–H groups in total. The van der Waals surface area contributed by atoms with E-state index in [1.165, 1.54) is 5.56 Å². The SMILES string of the molecule is CCN(c1cc(-c2ccc(CN3CCN(CCNC(=O)OC(C)(C)C)CC3)cc2)cc(C(=O)NCc2c(C)cc(C)[nH]c2=O)c1C)C1CCOCC1. The lowest BCUT2D eigenvalue weighted by molar-refractivity contribution is 0.0515. The van der Waals surface area contributed by atoms with E-state index in [0.717, 1.165) is 106 Å². The fraction of sp³-hybridized carbons (Fsp3) is 0.537. The number of amides is 2.